The Morgan fingerprint density at radius 3 is 2.11 bits per heavy atom. The van der Waals surface area contributed by atoms with Crippen molar-refractivity contribution in [3.63, 3.8) is 0 Å². The van der Waals surface area contributed by atoms with Gasteiger partial charge in [0.15, 0.2) is 11.5 Å². The van der Waals surface area contributed by atoms with Gasteiger partial charge in [-0.15, -0.1) is 0 Å². The van der Waals surface area contributed by atoms with E-state index in [4.69, 9.17) is 14.2 Å². The van der Waals surface area contributed by atoms with E-state index in [0.29, 0.717) is 62.1 Å². The van der Waals surface area contributed by atoms with Gasteiger partial charge in [-0.2, -0.15) is 4.31 Å². The van der Waals surface area contributed by atoms with E-state index in [1.54, 1.807) is 12.1 Å². The van der Waals surface area contributed by atoms with Crippen molar-refractivity contribution in [1.82, 2.24) is 14.1 Å². The van der Waals surface area contributed by atoms with Crippen LogP contribution in [-0.4, -0.2) is 102 Å². The molecular weight excluding hydrogens is 506 g/mol. The summed E-state index contributed by atoms with van der Waals surface area (Å²) in [6.45, 7) is 6.15. The number of carbonyl (C=O) groups is 1. The zero-order valence-electron chi connectivity index (χ0n) is 23.0. The van der Waals surface area contributed by atoms with Crippen molar-refractivity contribution in [2.45, 2.75) is 13.3 Å². The molecule has 0 bridgehead atoms. The third-order valence-electron chi connectivity index (χ3n) is 6.55. The topological polar surface area (TPSA) is 88.6 Å². The molecule has 1 saturated heterocycles. The molecule has 208 valence electrons. The molecule has 9 nitrogen and oxygen atoms in total. The van der Waals surface area contributed by atoms with Gasteiger partial charge in [0.05, 0.1) is 27.6 Å². The van der Waals surface area contributed by atoms with Crippen molar-refractivity contribution in [2.24, 2.45) is 0 Å². The number of amides is 1. The fraction of sp³-hybridized carbons (Fsp3) is 0.464. The fourth-order valence-electron chi connectivity index (χ4n) is 4.59. The maximum Gasteiger partial charge on any atom is 0.254 e. The molecule has 1 amide bonds. The molecule has 2 aromatic rings. The van der Waals surface area contributed by atoms with Crippen molar-refractivity contribution < 1.29 is 27.4 Å². The highest BCUT2D eigenvalue weighted by Crippen LogP contribution is 2.38. The summed E-state index contributed by atoms with van der Waals surface area (Å²) in [4.78, 5) is 17.8. The number of hydrogen-bond acceptors (Lipinski definition) is 7. The van der Waals surface area contributed by atoms with Gasteiger partial charge in [0.2, 0.25) is 15.8 Å². The van der Waals surface area contributed by atoms with Crippen molar-refractivity contribution >= 4 is 22.0 Å². The quantitative estimate of drug-likeness (QED) is 0.405. The van der Waals surface area contributed by atoms with E-state index in [1.165, 1.54) is 31.9 Å². The largest absolute Gasteiger partial charge is 0.493 e. The molecule has 2 aromatic carbocycles. The molecular formula is C28H39N3O6S. The monoisotopic (exact) mass is 545 g/mol. The van der Waals surface area contributed by atoms with Crippen LogP contribution in [0.5, 0.6) is 17.2 Å². The number of benzene rings is 2. The summed E-state index contributed by atoms with van der Waals surface area (Å²) in [6, 6.07) is 13.4. The molecule has 0 spiro atoms. The summed E-state index contributed by atoms with van der Waals surface area (Å²) in [5.74, 6) is 1.16. The summed E-state index contributed by atoms with van der Waals surface area (Å²) < 4.78 is 41.5. The van der Waals surface area contributed by atoms with Crippen LogP contribution >= 0.6 is 0 Å². The Balaban J connectivity index is 1.76. The molecule has 38 heavy (non-hydrogen) atoms. The first-order valence-electron chi connectivity index (χ1n) is 12.6. The van der Waals surface area contributed by atoms with Gasteiger partial charge in [0.1, 0.15) is 0 Å². The molecule has 10 heteroatoms. The molecule has 1 aliphatic rings. The highest BCUT2D eigenvalue weighted by atomic mass is 32.2. The number of nitrogens with zero attached hydrogens (tertiary/aromatic N) is 3. The van der Waals surface area contributed by atoms with Gasteiger partial charge < -0.3 is 24.0 Å². The highest BCUT2D eigenvalue weighted by molar-refractivity contribution is 7.88. The van der Waals surface area contributed by atoms with Crippen molar-refractivity contribution in [2.75, 3.05) is 73.4 Å². The minimum atomic E-state index is -3.16. The molecule has 3 rings (SSSR count). The lowest BCUT2D eigenvalue weighted by molar-refractivity contribution is 0.0758. The van der Waals surface area contributed by atoms with Gasteiger partial charge in [-0.25, -0.2) is 8.42 Å². The van der Waals surface area contributed by atoms with E-state index in [1.807, 2.05) is 42.2 Å². The standard InChI is InChI=1S/C28H39N3O6S/c1-22(18-23-10-7-6-8-11-23)21-30(13-9-12-29-14-16-31(17-15-29)38(5,33)34)28(32)24-19-25(35-2)27(37-4)26(20-24)36-3/h6-8,10-11,18-20H,9,12-17,21H2,1-5H3/b22-18+. The summed E-state index contributed by atoms with van der Waals surface area (Å²) >= 11 is 0. The lowest BCUT2D eigenvalue weighted by Gasteiger charge is -2.33. The highest BCUT2D eigenvalue weighted by Gasteiger charge is 2.24. The minimum Gasteiger partial charge on any atom is -0.493 e. The summed E-state index contributed by atoms with van der Waals surface area (Å²) in [5, 5.41) is 0. The second-order valence-corrected chi connectivity index (χ2v) is 11.4. The van der Waals surface area contributed by atoms with Crippen LogP contribution in [0.25, 0.3) is 6.08 Å². The third kappa shape index (κ3) is 7.96. The predicted octanol–water partition coefficient (Wildman–Crippen LogP) is 3.23. The molecule has 0 N–H and O–H groups in total. The van der Waals surface area contributed by atoms with Crippen molar-refractivity contribution in [1.29, 1.82) is 0 Å². The molecule has 1 fully saturated rings. The van der Waals surface area contributed by atoms with Crippen LogP contribution in [0.1, 0.15) is 29.3 Å². The van der Waals surface area contributed by atoms with Crippen LogP contribution < -0.4 is 14.2 Å². The van der Waals surface area contributed by atoms with Crippen LogP contribution in [0, 0.1) is 0 Å². The Morgan fingerprint density at radius 2 is 1.58 bits per heavy atom. The number of piperazine rings is 1. The lowest BCUT2D eigenvalue weighted by Crippen LogP contribution is -2.48. The Kier molecular flexibility index (Phi) is 10.6. The number of carbonyl (C=O) groups excluding carboxylic acids is 1. The van der Waals surface area contributed by atoms with Crippen molar-refractivity contribution in [3.8, 4) is 17.2 Å². The van der Waals surface area contributed by atoms with E-state index in [9.17, 15) is 13.2 Å². The molecule has 0 aromatic heterocycles. The number of rotatable bonds is 12. The average Bonchev–Trinajstić information content (AvgIpc) is 2.91. The van der Waals surface area contributed by atoms with Gasteiger partial charge in [-0.05, 0) is 37.6 Å². The maximum atomic E-state index is 13.8. The number of methoxy groups -OCH3 is 3. The van der Waals surface area contributed by atoms with E-state index >= 15 is 0 Å². The predicted molar refractivity (Wildman–Crippen MR) is 150 cm³/mol. The van der Waals surface area contributed by atoms with Crippen LogP contribution in [0.15, 0.2) is 48.0 Å². The van der Waals surface area contributed by atoms with Crippen LogP contribution in [0.3, 0.4) is 0 Å². The summed E-state index contributed by atoms with van der Waals surface area (Å²) in [6.07, 6.45) is 4.09. The molecule has 0 saturated carbocycles. The van der Waals surface area contributed by atoms with E-state index in [0.717, 1.165) is 24.1 Å². The van der Waals surface area contributed by atoms with E-state index in [-0.39, 0.29) is 5.91 Å². The maximum absolute atomic E-state index is 13.8. The first kappa shape index (κ1) is 29.5. The molecule has 0 aliphatic carbocycles. The molecule has 1 heterocycles. The Bertz CT molecular complexity index is 1180. The second kappa shape index (κ2) is 13.6. The van der Waals surface area contributed by atoms with Gasteiger partial charge in [0, 0.05) is 44.8 Å². The number of hydrogen-bond donors (Lipinski definition) is 0. The Labute approximate surface area is 226 Å². The average molecular weight is 546 g/mol. The minimum absolute atomic E-state index is 0.132. The number of sulfonamides is 1. The van der Waals surface area contributed by atoms with Crippen molar-refractivity contribution in [3.05, 3.63) is 59.2 Å². The first-order chi connectivity index (χ1) is 18.2. The first-order valence-corrected chi connectivity index (χ1v) is 14.5. The third-order valence-corrected chi connectivity index (χ3v) is 7.86. The van der Waals surface area contributed by atoms with Crippen LogP contribution in [0.2, 0.25) is 0 Å². The van der Waals surface area contributed by atoms with Gasteiger partial charge in [0.25, 0.3) is 5.91 Å². The molecule has 0 atom stereocenters. The van der Waals surface area contributed by atoms with Gasteiger partial charge in [-0.3, -0.25) is 4.79 Å². The summed E-state index contributed by atoms with van der Waals surface area (Å²) in [5.41, 5.74) is 2.58. The molecule has 1 aliphatic heterocycles. The normalized spacial score (nSPS) is 15.2. The van der Waals surface area contributed by atoms with Gasteiger partial charge in [-0.1, -0.05) is 42.0 Å². The Morgan fingerprint density at radius 1 is 0.974 bits per heavy atom. The van der Waals surface area contributed by atoms with E-state index in [2.05, 4.69) is 11.0 Å². The Hall–Kier alpha value is -3.08. The summed E-state index contributed by atoms with van der Waals surface area (Å²) in [7, 11) is 1.42. The molecule has 0 unspecified atom stereocenters. The number of ether oxygens (including phenoxy) is 3. The van der Waals surface area contributed by atoms with Crippen LogP contribution in [-0.2, 0) is 10.0 Å². The zero-order chi connectivity index (χ0) is 27.7. The van der Waals surface area contributed by atoms with E-state index < -0.39 is 10.0 Å². The SMILES string of the molecule is COc1cc(C(=O)N(CCCN2CCN(S(C)(=O)=O)CC2)C/C(C)=C/c2ccccc2)cc(OC)c1OC. The fourth-order valence-corrected chi connectivity index (χ4v) is 5.42. The molecule has 0 radical (unpaired) electrons. The zero-order valence-corrected chi connectivity index (χ0v) is 23.8. The lowest BCUT2D eigenvalue weighted by atomic mass is 10.1. The smallest absolute Gasteiger partial charge is 0.254 e. The second-order valence-electron chi connectivity index (χ2n) is 9.40. The van der Waals surface area contributed by atoms with Crippen LogP contribution in [0.4, 0.5) is 0 Å². The van der Waals surface area contributed by atoms with Gasteiger partial charge >= 0.3 is 0 Å².